The van der Waals surface area contributed by atoms with Crippen molar-refractivity contribution in [2.24, 2.45) is 0 Å². The van der Waals surface area contributed by atoms with E-state index in [1.165, 1.54) is 18.0 Å². The highest BCUT2D eigenvalue weighted by Crippen LogP contribution is 2.21. The van der Waals surface area contributed by atoms with Crippen LogP contribution in [0.1, 0.15) is 11.1 Å². The quantitative estimate of drug-likeness (QED) is 0.805. The Kier molecular flexibility index (Phi) is 6.56. The lowest BCUT2D eigenvalue weighted by atomic mass is 10.2. The van der Waals surface area contributed by atoms with Crippen LogP contribution in [0.25, 0.3) is 6.08 Å². The predicted molar refractivity (Wildman–Crippen MR) is 101 cm³/mol. The van der Waals surface area contributed by atoms with Crippen molar-refractivity contribution in [1.29, 1.82) is 0 Å². The number of carbonyl (C=O) groups excluding carboxylic acids is 2. The summed E-state index contributed by atoms with van der Waals surface area (Å²) in [6, 6.07) is 8.56. The summed E-state index contributed by atoms with van der Waals surface area (Å²) in [6.45, 7) is 1.81. The number of likely N-dealkylation sites (N-methyl/N-ethyl adjacent to an activating group) is 1. The molecule has 2 aromatic rings. The summed E-state index contributed by atoms with van der Waals surface area (Å²) >= 11 is 11.9. The van der Waals surface area contributed by atoms with E-state index in [2.05, 4.69) is 10.3 Å². The van der Waals surface area contributed by atoms with Crippen LogP contribution in [0.2, 0.25) is 10.0 Å². The normalized spacial score (nSPS) is 10.7. The Labute approximate surface area is 156 Å². The van der Waals surface area contributed by atoms with Gasteiger partial charge in [0.1, 0.15) is 5.82 Å². The Bertz CT molecular complexity index is 822. The SMILES string of the molecule is Cc1ccnc(NC(=O)CN(C)C(=O)/C=C/c2cc(Cl)ccc2Cl)c1. The molecule has 0 spiro atoms. The monoisotopic (exact) mass is 377 g/mol. The molecule has 1 heterocycles. The minimum atomic E-state index is -0.330. The number of hydrogen-bond donors (Lipinski definition) is 1. The molecule has 0 radical (unpaired) electrons. The zero-order chi connectivity index (χ0) is 18.4. The minimum Gasteiger partial charge on any atom is -0.333 e. The summed E-state index contributed by atoms with van der Waals surface area (Å²) in [5.41, 5.74) is 1.61. The van der Waals surface area contributed by atoms with Gasteiger partial charge in [-0.15, -0.1) is 0 Å². The maximum Gasteiger partial charge on any atom is 0.246 e. The third-order valence-corrected chi connectivity index (χ3v) is 3.88. The molecule has 1 aromatic heterocycles. The molecule has 5 nitrogen and oxygen atoms in total. The van der Waals surface area contributed by atoms with Gasteiger partial charge >= 0.3 is 0 Å². The van der Waals surface area contributed by atoms with E-state index >= 15 is 0 Å². The van der Waals surface area contributed by atoms with Gasteiger partial charge in [-0.25, -0.2) is 4.98 Å². The van der Waals surface area contributed by atoms with Crippen LogP contribution in [0, 0.1) is 6.92 Å². The molecule has 25 heavy (non-hydrogen) atoms. The minimum absolute atomic E-state index is 0.0952. The highest BCUT2D eigenvalue weighted by Gasteiger charge is 2.11. The predicted octanol–water partition coefficient (Wildman–Crippen LogP) is 3.81. The first-order chi connectivity index (χ1) is 11.8. The van der Waals surface area contributed by atoms with Gasteiger partial charge < -0.3 is 10.2 Å². The lowest BCUT2D eigenvalue weighted by Crippen LogP contribution is -2.34. The first-order valence-corrected chi connectivity index (χ1v) is 8.21. The lowest BCUT2D eigenvalue weighted by Gasteiger charge is -2.14. The van der Waals surface area contributed by atoms with Crippen molar-refractivity contribution in [3.05, 3.63) is 63.8 Å². The summed E-state index contributed by atoms with van der Waals surface area (Å²) in [5.74, 6) is -0.210. The molecule has 2 rings (SSSR count). The van der Waals surface area contributed by atoms with Crippen LogP contribution in [-0.2, 0) is 9.59 Å². The van der Waals surface area contributed by atoms with Crippen LogP contribution in [0.5, 0.6) is 0 Å². The molecule has 0 aliphatic rings. The van der Waals surface area contributed by atoms with Crippen LogP contribution in [0.15, 0.2) is 42.6 Å². The van der Waals surface area contributed by atoms with E-state index in [9.17, 15) is 9.59 Å². The average molecular weight is 378 g/mol. The molecule has 0 aliphatic carbocycles. The molecule has 0 aliphatic heterocycles. The van der Waals surface area contributed by atoms with E-state index in [0.29, 0.717) is 21.4 Å². The molecule has 0 saturated heterocycles. The van der Waals surface area contributed by atoms with Crippen molar-refractivity contribution in [3.63, 3.8) is 0 Å². The fourth-order valence-electron chi connectivity index (χ4n) is 2.01. The molecule has 0 atom stereocenters. The standard InChI is InChI=1S/C18H17Cl2N3O2/c1-12-7-8-21-16(9-12)22-17(24)11-23(2)18(25)6-3-13-10-14(19)4-5-15(13)20/h3-10H,11H2,1-2H3,(H,21,22,24)/b6-3+. The molecule has 0 saturated carbocycles. The zero-order valence-corrected chi connectivity index (χ0v) is 15.3. The molecule has 0 unspecified atom stereocenters. The number of anilines is 1. The summed E-state index contributed by atoms with van der Waals surface area (Å²) in [6.07, 6.45) is 4.51. The summed E-state index contributed by atoms with van der Waals surface area (Å²) in [7, 11) is 1.54. The number of carbonyl (C=O) groups is 2. The van der Waals surface area contributed by atoms with E-state index in [1.807, 2.05) is 13.0 Å². The number of halogens is 2. The van der Waals surface area contributed by atoms with Crippen molar-refractivity contribution in [2.45, 2.75) is 6.92 Å². The van der Waals surface area contributed by atoms with Gasteiger partial charge in [0, 0.05) is 29.4 Å². The van der Waals surface area contributed by atoms with Gasteiger partial charge in [0.25, 0.3) is 0 Å². The molecular weight excluding hydrogens is 361 g/mol. The second-order valence-electron chi connectivity index (χ2n) is 5.46. The third-order valence-electron chi connectivity index (χ3n) is 3.30. The smallest absolute Gasteiger partial charge is 0.246 e. The number of nitrogens with zero attached hydrogens (tertiary/aromatic N) is 2. The highest BCUT2D eigenvalue weighted by atomic mass is 35.5. The fraction of sp³-hybridized carbons (Fsp3) is 0.167. The number of benzene rings is 1. The molecule has 1 N–H and O–H groups in total. The Morgan fingerprint density at radius 2 is 2.00 bits per heavy atom. The Hall–Kier alpha value is -2.37. The largest absolute Gasteiger partial charge is 0.333 e. The Balaban J connectivity index is 1.94. The van der Waals surface area contributed by atoms with Crippen LogP contribution in [0.4, 0.5) is 5.82 Å². The topological polar surface area (TPSA) is 62.3 Å². The average Bonchev–Trinajstić information content (AvgIpc) is 2.55. The van der Waals surface area contributed by atoms with E-state index in [-0.39, 0.29) is 18.4 Å². The number of amides is 2. The maximum atomic E-state index is 12.1. The van der Waals surface area contributed by atoms with Gasteiger partial charge in [-0.1, -0.05) is 23.2 Å². The molecule has 2 amide bonds. The van der Waals surface area contributed by atoms with Crippen molar-refractivity contribution >= 4 is 46.9 Å². The van der Waals surface area contributed by atoms with Crippen molar-refractivity contribution in [3.8, 4) is 0 Å². The van der Waals surface area contributed by atoms with Crippen molar-refractivity contribution < 1.29 is 9.59 Å². The lowest BCUT2D eigenvalue weighted by molar-refractivity contribution is -0.129. The number of pyridine rings is 1. The number of hydrogen-bond acceptors (Lipinski definition) is 3. The van der Waals surface area contributed by atoms with Gasteiger partial charge in [-0.3, -0.25) is 9.59 Å². The van der Waals surface area contributed by atoms with E-state index in [0.717, 1.165) is 5.56 Å². The Morgan fingerprint density at radius 3 is 2.72 bits per heavy atom. The molecule has 0 fully saturated rings. The van der Waals surface area contributed by atoms with Crippen LogP contribution < -0.4 is 5.32 Å². The highest BCUT2D eigenvalue weighted by molar-refractivity contribution is 6.34. The number of rotatable bonds is 5. The van der Waals surface area contributed by atoms with Gasteiger partial charge in [0.15, 0.2) is 0 Å². The zero-order valence-electron chi connectivity index (χ0n) is 13.8. The van der Waals surface area contributed by atoms with E-state index in [4.69, 9.17) is 23.2 Å². The summed E-state index contributed by atoms with van der Waals surface area (Å²) in [4.78, 5) is 29.5. The van der Waals surface area contributed by atoms with Gasteiger partial charge in [-0.05, 0) is 54.5 Å². The number of nitrogens with one attached hydrogen (secondary N) is 1. The van der Waals surface area contributed by atoms with Gasteiger partial charge in [0.2, 0.25) is 11.8 Å². The number of aromatic nitrogens is 1. The molecule has 130 valence electrons. The van der Waals surface area contributed by atoms with Crippen molar-refractivity contribution in [1.82, 2.24) is 9.88 Å². The fourth-order valence-corrected chi connectivity index (χ4v) is 2.37. The maximum absolute atomic E-state index is 12.1. The summed E-state index contributed by atoms with van der Waals surface area (Å²) < 4.78 is 0. The molecular formula is C18H17Cl2N3O2. The van der Waals surface area contributed by atoms with Crippen LogP contribution in [-0.4, -0.2) is 35.3 Å². The first-order valence-electron chi connectivity index (χ1n) is 7.46. The molecule has 0 bridgehead atoms. The first kappa shape index (κ1) is 19.0. The van der Waals surface area contributed by atoms with Crippen LogP contribution >= 0.6 is 23.2 Å². The van der Waals surface area contributed by atoms with Gasteiger partial charge in [0.05, 0.1) is 6.54 Å². The molecule has 1 aromatic carbocycles. The second kappa shape index (κ2) is 8.65. The van der Waals surface area contributed by atoms with Gasteiger partial charge in [-0.2, -0.15) is 0 Å². The van der Waals surface area contributed by atoms with Crippen LogP contribution in [0.3, 0.4) is 0 Å². The second-order valence-corrected chi connectivity index (χ2v) is 6.30. The third kappa shape index (κ3) is 5.89. The van der Waals surface area contributed by atoms with E-state index < -0.39 is 0 Å². The Morgan fingerprint density at radius 1 is 1.24 bits per heavy atom. The van der Waals surface area contributed by atoms with Crippen molar-refractivity contribution in [2.75, 3.05) is 18.9 Å². The number of aryl methyl sites for hydroxylation is 1. The summed E-state index contributed by atoms with van der Waals surface area (Å²) in [5, 5.41) is 3.66. The van der Waals surface area contributed by atoms with E-state index in [1.54, 1.807) is 36.5 Å². The molecule has 7 heteroatoms.